The van der Waals surface area contributed by atoms with Gasteiger partial charge < -0.3 is 5.32 Å². The van der Waals surface area contributed by atoms with Crippen LogP contribution < -0.4 is 5.32 Å². The molecule has 1 aliphatic rings. The zero-order valence-corrected chi connectivity index (χ0v) is 9.53. The summed E-state index contributed by atoms with van der Waals surface area (Å²) in [6.07, 6.45) is 4.23. The summed E-state index contributed by atoms with van der Waals surface area (Å²) < 4.78 is 0. The van der Waals surface area contributed by atoms with Gasteiger partial charge in [-0.15, -0.1) is 0 Å². The number of hydrogen-bond donors (Lipinski definition) is 1. The van der Waals surface area contributed by atoms with E-state index in [1.165, 1.54) is 12.2 Å². The molecule has 0 spiro atoms. The molecule has 88 valence electrons. The molecule has 0 aliphatic carbocycles. The van der Waals surface area contributed by atoms with E-state index in [2.05, 4.69) is 5.32 Å². The van der Waals surface area contributed by atoms with Gasteiger partial charge in [-0.2, -0.15) is 0 Å². The van der Waals surface area contributed by atoms with Crippen LogP contribution in [0.4, 0.5) is 0 Å². The van der Waals surface area contributed by atoms with E-state index in [0.29, 0.717) is 6.54 Å². The highest BCUT2D eigenvalue weighted by Gasteiger charge is 2.32. The second-order valence-electron chi connectivity index (χ2n) is 3.70. The Morgan fingerprint density at radius 3 is 2.44 bits per heavy atom. The lowest BCUT2D eigenvalue weighted by atomic mass is 10.2. The number of nitrogens with zero attached hydrogens (tertiary/aromatic N) is 1. The third-order valence-electron chi connectivity index (χ3n) is 2.44. The van der Waals surface area contributed by atoms with Crippen LogP contribution in [-0.4, -0.2) is 35.2 Å². The molecule has 1 aliphatic heterocycles. The van der Waals surface area contributed by atoms with Crippen molar-refractivity contribution in [3.05, 3.63) is 12.2 Å². The topological polar surface area (TPSA) is 66.5 Å². The highest BCUT2D eigenvalue weighted by Crippen LogP contribution is 2.08. The summed E-state index contributed by atoms with van der Waals surface area (Å²) in [7, 11) is 0. The highest BCUT2D eigenvalue weighted by molar-refractivity contribution is 6.15. The second-order valence-corrected chi connectivity index (χ2v) is 3.70. The van der Waals surface area contributed by atoms with E-state index in [4.69, 9.17) is 0 Å². The quantitative estimate of drug-likeness (QED) is 0.536. The van der Waals surface area contributed by atoms with Crippen molar-refractivity contribution in [2.24, 2.45) is 0 Å². The molecule has 3 amide bonds. The first-order valence-electron chi connectivity index (χ1n) is 5.41. The number of amides is 3. The lowest BCUT2D eigenvalue weighted by Gasteiger charge is -2.21. The summed E-state index contributed by atoms with van der Waals surface area (Å²) in [4.78, 5) is 35.2. The Morgan fingerprint density at radius 2 is 1.94 bits per heavy atom. The van der Waals surface area contributed by atoms with Gasteiger partial charge in [0.1, 0.15) is 6.04 Å². The van der Waals surface area contributed by atoms with Gasteiger partial charge in [0.05, 0.1) is 0 Å². The van der Waals surface area contributed by atoms with Crippen LogP contribution in [0.3, 0.4) is 0 Å². The maximum atomic E-state index is 11.6. The standard InChI is InChI=1S/C11H16N2O3/c1-3-4-7-12-11(16)8(2)13-9(14)5-6-10(13)15/h5-6,8H,3-4,7H2,1-2H3,(H,12,16). The van der Waals surface area contributed by atoms with Crippen molar-refractivity contribution < 1.29 is 14.4 Å². The molecule has 5 heteroatoms. The minimum atomic E-state index is -0.744. The molecule has 0 saturated heterocycles. The number of imide groups is 1. The average Bonchev–Trinajstić information content (AvgIpc) is 2.58. The normalized spacial score (nSPS) is 16.8. The fourth-order valence-corrected chi connectivity index (χ4v) is 1.45. The van der Waals surface area contributed by atoms with E-state index in [1.807, 2.05) is 6.92 Å². The molecular weight excluding hydrogens is 208 g/mol. The van der Waals surface area contributed by atoms with Crippen molar-refractivity contribution in [2.75, 3.05) is 6.54 Å². The second kappa shape index (κ2) is 5.44. The number of carbonyl (C=O) groups is 3. The molecule has 0 fully saturated rings. The van der Waals surface area contributed by atoms with E-state index in [0.717, 1.165) is 17.7 Å². The van der Waals surface area contributed by atoms with Gasteiger partial charge in [0.15, 0.2) is 0 Å². The van der Waals surface area contributed by atoms with Crippen molar-refractivity contribution in [1.82, 2.24) is 10.2 Å². The Labute approximate surface area is 94.5 Å². The summed E-state index contributed by atoms with van der Waals surface area (Å²) in [5.74, 6) is -1.15. The fourth-order valence-electron chi connectivity index (χ4n) is 1.45. The number of rotatable bonds is 5. The number of nitrogens with one attached hydrogen (secondary N) is 1. The molecule has 1 rings (SSSR count). The highest BCUT2D eigenvalue weighted by atomic mass is 16.2. The van der Waals surface area contributed by atoms with Crippen molar-refractivity contribution in [3.63, 3.8) is 0 Å². The van der Waals surface area contributed by atoms with Crippen molar-refractivity contribution >= 4 is 17.7 Å². The van der Waals surface area contributed by atoms with Crippen molar-refractivity contribution in [3.8, 4) is 0 Å². The Bertz CT molecular complexity index is 318. The van der Waals surface area contributed by atoms with Crippen molar-refractivity contribution in [2.45, 2.75) is 32.7 Å². The SMILES string of the molecule is CCCCNC(=O)C(C)N1C(=O)C=CC1=O. The van der Waals surface area contributed by atoms with Gasteiger partial charge in [-0.05, 0) is 13.3 Å². The minimum absolute atomic E-state index is 0.293. The van der Waals surface area contributed by atoms with Gasteiger partial charge in [-0.25, -0.2) is 0 Å². The van der Waals surface area contributed by atoms with E-state index in [-0.39, 0.29) is 5.91 Å². The van der Waals surface area contributed by atoms with Crippen LogP contribution in [0, 0.1) is 0 Å². The first-order valence-corrected chi connectivity index (χ1v) is 5.41. The number of hydrogen-bond acceptors (Lipinski definition) is 3. The summed E-state index contributed by atoms with van der Waals surface area (Å²) in [5.41, 5.74) is 0. The van der Waals surface area contributed by atoms with Crippen LogP contribution in [0.1, 0.15) is 26.7 Å². The molecule has 0 bridgehead atoms. The van der Waals surface area contributed by atoms with E-state index in [1.54, 1.807) is 6.92 Å². The summed E-state index contributed by atoms with van der Waals surface area (Å²) in [5, 5.41) is 2.69. The van der Waals surface area contributed by atoms with Crippen LogP contribution in [0.2, 0.25) is 0 Å². The molecule has 1 heterocycles. The molecule has 0 saturated carbocycles. The average molecular weight is 224 g/mol. The first kappa shape index (κ1) is 12.4. The van der Waals surface area contributed by atoms with Gasteiger partial charge >= 0.3 is 0 Å². The summed E-state index contributed by atoms with van der Waals surface area (Å²) in [6, 6.07) is -0.744. The predicted octanol–water partition coefficient (Wildman–Crippen LogP) is 0.216. The largest absolute Gasteiger partial charge is 0.354 e. The van der Waals surface area contributed by atoms with Crippen LogP contribution >= 0.6 is 0 Å². The monoisotopic (exact) mass is 224 g/mol. The number of unbranched alkanes of at least 4 members (excludes halogenated alkanes) is 1. The van der Waals surface area contributed by atoms with Gasteiger partial charge in [0.2, 0.25) is 5.91 Å². The molecule has 1 atom stereocenters. The summed E-state index contributed by atoms with van der Waals surface area (Å²) >= 11 is 0. The first-order chi connectivity index (χ1) is 7.57. The predicted molar refractivity (Wildman–Crippen MR) is 58.4 cm³/mol. The van der Waals surface area contributed by atoms with Crippen LogP contribution in [0.25, 0.3) is 0 Å². The van der Waals surface area contributed by atoms with Gasteiger partial charge in [0.25, 0.3) is 11.8 Å². The van der Waals surface area contributed by atoms with Gasteiger partial charge in [-0.3, -0.25) is 19.3 Å². The van der Waals surface area contributed by atoms with Gasteiger partial charge in [-0.1, -0.05) is 13.3 Å². The lowest BCUT2D eigenvalue weighted by Crippen LogP contribution is -2.48. The molecule has 0 radical (unpaired) electrons. The van der Waals surface area contributed by atoms with Crippen molar-refractivity contribution in [1.29, 1.82) is 0 Å². The van der Waals surface area contributed by atoms with Crippen LogP contribution in [-0.2, 0) is 14.4 Å². The van der Waals surface area contributed by atoms with Crippen LogP contribution in [0.15, 0.2) is 12.2 Å². The number of carbonyl (C=O) groups excluding carboxylic acids is 3. The Balaban J connectivity index is 2.50. The van der Waals surface area contributed by atoms with E-state index < -0.39 is 17.9 Å². The van der Waals surface area contributed by atoms with Crippen LogP contribution in [0.5, 0.6) is 0 Å². The minimum Gasteiger partial charge on any atom is -0.354 e. The molecule has 0 aromatic rings. The zero-order valence-electron chi connectivity index (χ0n) is 9.53. The summed E-state index contributed by atoms with van der Waals surface area (Å²) in [6.45, 7) is 4.14. The fraction of sp³-hybridized carbons (Fsp3) is 0.545. The van der Waals surface area contributed by atoms with E-state index in [9.17, 15) is 14.4 Å². The molecular formula is C11H16N2O3. The Morgan fingerprint density at radius 1 is 1.38 bits per heavy atom. The third kappa shape index (κ3) is 2.68. The smallest absolute Gasteiger partial charge is 0.254 e. The molecule has 1 N–H and O–H groups in total. The lowest BCUT2D eigenvalue weighted by molar-refractivity contribution is -0.144. The molecule has 1 unspecified atom stereocenters. The molecule has 16 heavy (non-hydrogen) atoms. The van der Waals surface area contributed by atoms with Gasteiger partial charge in [0, 0.05) is 18.7 Å². The third-order valence-corrected chi connectivity index (χ3v) is 2.44. The zero-order chi connectivity index (χ0) is 12.1. The Kier molecular flexibility index (Phi) is 4.22. The molecule has 5 nitrogen and oxygen atoms in total. The maximum Gasteiger partial charge on any atom is 0.254 e. The maximum absolute atomic E-state index is 11.6. The molecule has 0 aromatic carbocycles. The Hall–Kier alpha value is -1.65. The van der Waals surface area contributed by atoms with E-state index >= 15 is 0 Å². The molecule has 0 aromatic heterocycles.